The number of carbonyl (C=O) groups is 2. The van der Waals surface area contributed by atoms with Gasteiger partial charge in [0.15, 0.2) is 11.6 Å². The lowest BCUT2D eigenvalue weighted by Crippen LogP contribution is -2.61. The Morgan fingerprint density at radius 3 is 1.92 bits per heavy atom. The van der Waals surface area contributed by atoms with E-state index in [1.807, 2.05) is 78.8 Å². The lowest BCUT2D eigenvalue weighted by atomic mass is 9.66. The fraction of sp³-hybridized carbons (Fsp3) is 0.733. The van der Waals surface area contributed by atoms with Crippen molar-refractivity contribution < 1.29 is 42.7 Å². The molecule has 2 saturated carbocycles. The third-order valence-electron chi connectivity index (χ3n) is 9.92. The third-order valence-corrected chi connectivity index (χ3v) is 9.92. The first-order chi connectivity index (χ1) is 18.2. The van der Waals surface area contributed by atoms with E-state index in [9.17, 15) is 9.59 Å². The highest BCUT2D eigenvalue weighted by Gasteiger charge is 2.76. The first kappa shape index (κ1) is 27.1. The van der Waals surface area contributed by atoms with Gasteiger partial charge in [0.25, 0.3) is 0 Å². The Hall–Kier alpha value is -2.04. The Balaban J connectivity index is 1.25. The van der Waals surface area contributed by atoms with E-state index in [1.54, 1.807) is 0 Å². The topological polar surface area (TPSA) is 98.8 Å². The van der Waals surface area contributed by atoms with Crippen molar-refractivity contribution in [2.75, 3.05) is 6.61 Å². The molecule has 0 amide bonds. The predicted octanol–water partition coefficient (Wildman–Crippen LogP) is 3.91. The van der Waals surface area contributed by atoms with Gasteiger partial charge < -0.3 is 33.2 Å². The van der Waals surface area contributed by atoms with E-state index in [-0.39, 0.29) is 18.5 Å². The molecule has 9 heteroatoms. The molecular formula is C30H40O9. The Morgan fingerprint density at radius 2 is 1.41 bits per heavy atom. The predicted molar refractivity (Wildman–Crippen MR) is 137 cm³/mol. The average molecular weight is 545 g/mol. The molecule has 39 heavy (non-hydrogen) atoms. The number of fused-ring (bicyclic) bond motifs is 4. The molecular weight excluding hydrogens is 504 g/mol. The molecule has 3 aliphatic heterocycles. The summed E-state index contributed by atoms with van der Waals surface area (Å²) in [6.45, 7) is 13.6. The SMILES string of the molecule is CC1(C)O[C@@H]2C(COC(=O)[C@@]34CC[C@@](C)(C(=O)O3)C4(C)C)[C@H]3OC(C)(C)O[C@H]3C(OCc3ccccc3)[C@H]2O1. The van der Waals surface area contributed by atoms with Crippen molar-refractivity contribution in [2.45, 2.75) is 116 Å². The largest absolute Gasteiger partial charge is 0.462 e. The molecule has 2 aliphatic carbocycles. The van der Waals surface area contributed by atoms with Gasteiger partial charge in [0, 0.05) is 5.41 Å². The summed E-state index contributed by atoms with van der Waals surface area (Å²) in [5.74, 6) is -2.97. The van der Waals surface area contributed by atoms with Crippen LogP contribution in [0.5, 0.6) is 0 Å². The average Bonchev–Trinajstić information content (AvgIpc) is 3.47. The van der Waals surface area contributed by atoms with Crippen LogP contribution in [-0.4, -0.2) is 66.2 Å². The number of rotatable bonds is 6. The lowest BCUT2D eigenvalue weighted by molar-refractivity contribution is -0.191. The molecule has 0 aromatic heterocycles. The van der Waals surface area contributed by atoms with Crippen molar-refractivity contribution in [3.8, 4) is 0 Å². The fourth-order valence-electron chi connectivity index (χ4n) is 7.32. The summed E-state index contributed by atoms with van der Waals surface area (Å²) in [5, 5.41) is 0. The van der Waals surface area contributed by atoms with Gasteiger partial charge in [-0.25, -0.2) is 4.79 Å². The molecule has 5 fully saturated rings. The first-order valence-corrected chi connectivity index (χ1v) is 14.0. The summed E-state index contributed by atoms with van der Waals surface area (Å²) in [6.07, 6.45) is -1.27. The normalized spacial score (nSPS) is 42.6. The highest BCUT2D eigenvalue weighted by molar-refractivity contribution is 5.93. The number of hydrogen-bond donors (Lipinski definition) is 0. The van der Waals surface area contributed by atoms with Gasteiger partial charge in [0.05, 0.1) is 36.8 Å². The summed E-state index contributed by atoms with van der Waals surface area (Å²) in [4.78, 5) is 26.4. The van der Waals surface area contributed by atoms with Gasteiger partial charge in [-0.1, -0.05) is 44.2 Å². The molecule has 6 rings (SSSR count). The molecule has 0 N–H and O–H groups in total. The van der Waals surface area contributed by atoms with Gasteiger partial charge in [-0.3, -0.25) is 4.79 Å². The van der Waals surface area contributed by atoms with E-state index in [2.05, 4.69) is 0 Å². The second kappa shape index (κ2) is 8.73. The van der Waals surface area contributed by atoms with Crippen LogP contribution < -0.4 is 0 Å². The second-order valence-corrected chi connectivity index (χ2v) is 13.3. The minimum atomic E-state index is -1.30. The van der Waals surface area contributed by atoms with Gasteiger partial charge in [-0.2, -0.15) is 0 Å². The highest BCUT2D eigenvalue weighted by Crippen LogP contribution is 2.66. The Kier molecular flexibility index (Phi) is 6.08. The van der Waals surface area contributed by atoms with E-state index in [0.29, 0.717) is 19.4 Å². The number of benzene rings is 1. The molecule has 1 aromatic carbocycles. The second-order valence-electron chi connectivity index (χ2n) is 13.3. The molecule has 2 unspecified atom stereocenters. The first-order valence-electron chi connectivity index (χ1n) is 14.0. The summed E-state index contributed by atoms with van der Waals surface area (Å²) >= 11 is 0. The molecule has 9 nitrogen and oxygen atoms in total. The monoisotopic (exact) mass is 544 g/mol. The highest BCUT2D eigenvalue weighted by atomic mass is 16.8. The summed E-state index contributed by atoms with van der Waals surface area (Å²) in [6, 6.07) is 9.94. The minimum absolute atomic E-state index is 0.0115. The van der Waals surface area contributed by atoms with Crippen LogP contribution >= 0.6 is 0 Å². The van der Waals surface area contributed by atoms with Crippen molar-refractivity contribution in [2.24, 2.45) is 16.7 Å². The zero-order valence-corrected chi connectivity index (χ0v) is 23.9. The third kappa shape index (κ3) is 3.99. The van der Waals surface area contributed by atoms with Crippen molar-refractivity contribution in [1.82, 2.24) is 0 Å². The van der Waals surface area contributed by atoms with Gasteiger partial charge >= 0.3 is 11.9 Å². The van der Waals surface area contributed by atoms with Crippen LogP contribution in [0.1, 0.15) is 66.9 Å². The van der Waals surface area contributed by atoms with E-state index in [4.69, 9.17) is 33.2 Å². The summed E-state index contributed by atoms with van der Waals surface area (Å²) in [5.41, 5.74) is -1.66. The Morgan fingerprint density at radius 1 is 0.846 bits per heavy atom. The van der Waals surface area contributed by atoms with Crippen LogP contribution in [0, 0.1) is 16.7 Å². The van der Waals surface area contributed by atoms with Gasteiger partial charge in [0.2, 0.25) is 5.60 Å². The smallest absolute Gasteiger partial charge is 0.351 e. The van der Waals surface area contributed by atoms with Crippen LogP contribution in [0.25, 0.3) is 0 Å². The Bertz CT molecular complexity index is 1110. The maximum atomic E-state index is 13.7. The van der Waals surface area contributed by atoms with Crippen molar-refractivity contribution >= 4 is 11.9 Å². The number of hydrogen-bond acceptors (Lipinski definition) is 9. The quantitative estimate of drug-likeness (QED) is 0.494. The van der Waals surface area contributed by atoms with E-state index in [1.165, 1.54) is 0 Å². The molecule has 5 aliphatic rings. The van der Waals surface area contributed by atoms with Crippen LogP contribution in [-0.2, 0) is 49.4 Å². The molecule has 3 saturated heterocycles. The summed E-state index contributed by atoms with van der Waals surface area (Å²) in [7, 11) is 0. The maximum absolute atomic E-state index is 13.7. The van der Waals surface area contributed by atoms with Crippen molar-refractivity contribution in [3.05, 3.63) is 35.9 Å². The van der Waals surface area contributed by atoms with Crippen LogP contribution in [0.15, 0.2) is 30.3 Å². The van der Waals surface area contributed by atoms with Crippen LogP contribution in [0.4, 0.5) is 0 Å². The van der Waals surface area contributed by atoms with Gasteiger partial charge in [-0.05, 0) is 53.0 Å². The zero-order chi connectivity index (χ0) is 28.0. The molecule has 8 atom stereocenters. The van der Waals surface area contributed by atoms with Gasteiger partial charge in [0.1, 0.15) is 18.3 Å². The lowest BCUT2D eigenvalue weighted by Gasteiger charge is -2.43. The number of carbonyl (C=O) groups excluding carboxylic acids is 2. The van der Waals surface area contributed by atoms with E-state index >= 15 is 0 Å². The Labute approximate surface area is 229 Å². The fourth-order valence-corrected chi connectivity index (χ4v) is 7.32. The maximum Gasteiger partial charge on any atom is 0.351 e. The minimum Gasteiger partial charge on any atom is -0.462 e. The number of esters is 2. The van der Waals surface area contributed by atoms with Gasteiger partial charge in [-0.15, -0.1) is 0 Å². The van der Waals surface area contributed by atoms with Crippen molar-refractivity contribution in [3.63, 3.8) is 0 Å². The van der Waals surface area contributed by atoms with E-state index in [0.717, 1.165) is 5.56 Å². The van der Waals surface area contributed by atoms with Crippen molar-refractivity contribution in [1.29, 1.82) is 0 Å². The standard InChI is InChI=1S/C30H40O9/c1-26(2)29(7)13-14-30(26,39-24(29)31)25(32)34-16-18-19-22(37-27(3,4)35-19)21(23-20(18)36-28(5,6)38-23)33-15-17-11-9-8-10-12-17/h8-12,18-23H,13-16H2,1-7H3/t18?,19-,20-,21?,22-,23+,29+,30-/m1/s1. The van der Waals surface area contributed by atoms with Crippen LogP contribution in [0.3, 0.4) is 0 Å². The molecule has 0 radical (unpaired) electrons. The molecule has 3 heterocycles. The number of ether oxygens (including phenoxy) is 7. The molecule has 2 bridgehead atoms. The molecule has 214 valence electrons. The summed E-state index contributed by atoms with van der Waals surface area (Å²) < 4.78 is 43.8. The molecule has 0 spiro atoms. The van der Waals surface area contributed by atoms with Crippen LogP contribution in [0.2, 0.25) is 0 Å². The molecule has 1 aromatic rings. The van der Waals surface area contributed by atoms with E-state index < -0.39 is 64.5 Å². The zero-order valence-electron chi connectivity index (χ0n) is 23.9.